The van der Waals surface area contributed by atoms with Gasteiger partial charge in [0.05, 0.1) is 20.1 Å². The van der Waals surface area contributed by atoms with Crippen LogP contribution in [0.2, 0.25) is 0 Å². The second kappa shape index (κ2) is 9.00. The number of carbonyl (C=O) groups excluding carboxylic acids is 2. The molecule has 164 valence electrons. The number of methoxy groups -OCH3 is 2. The van der Waals surface area contributed by atoms with Crippen LogP contribution in [-0.4, -0.2) is 56.0 Å². The number of benzene rings is 2. The van der Waals surface area contributed by atoms with Crippen LogP contribution in [0.1, 0.15) is 29.9 Å². The highest BCUT2D eigenvalue weighted by molar-refractivity contribution is 5.85. The molecule has 1 saturated carbocycles. The Kier molecular flexibility index (Phi) is 6.16. The Bertz CT molecular complexity index is 942. The zero-order chi connectivity index (χ0) is 22.0. The summed E-state index contributed by atoms with van der Waals surface area (Å²) < 4.78 is 11.0. The van der Waals surface area contributed by atoms with Crippen LogP contribution in [-0.2, 0) is 16.1 Å². The topological polar surface area (TPSA) is 59.1 Å². The maximum atomic E-state index is 13.6. The third-order valence-corrected chi connectivity index (χ3v) is 6.35. The predicted molar refractivity (Wildman–Crippen MR) is 118 cm³/mol. The lowest BCUT2D eigenvalue weighted by molar-refractivity contribution is -0.135. The minimum atomic E-state index is -0.322. The van der Waals surface area contributed by atoms with Crippen LogP contribution in [0.3, 0.4) is 0 Å². The van der Waals surface area contributed by atoms with E-state index < -0.39 is 0 Å². The van der Waals surface area contributed by atoms with Crippen molar-refractivity contribution in [2.24, 2.45) is 11.8 Å². The van der Waals surface area contributed by atoms with E-state index in [9.17, 15) is 9.59 Å². The van der Waals surface area contributed by atoms with Gasteiger partial charge in [0.2, 0.25) is 11.8 Å². The first-order valence-corrected chi connectivity index (χ1v) is 10.8. The summed E-state index contributed by atoms with van der Waals surface area (Å²) in [4.78, 5) is 30.0. The highest BCUT2D eigenvalue weighted by atomic mass is 16.5. The fourth-order valence-corrected chi connectivity index (χ4v) is 4.49. The quantitative estimate of drug-likeness (QED) is 0.687. The van der Waals surface area contributed by atoms with Crippen molar-refractivity contribution in [2.45, 2.75) is 25.3 Å². The average Bonchev–Trinajstić information content (AvgIpc) is 3.56. The van der Waals surface area contributed by atoms with Crippen LogP contribution < -0.4 is 9.47 Å². The van der Waals surface area contributed by atoms with Gasteiger partial charge in [-0.15, -0.1) is 0 Å². The summed E-state index contributed by atoms with van der Waals surface area (Å²) in [7, 11) is 5.09. The molecule has 6 nitrogen and oxygen atoms in total. The maximum Gasteiger partial charge on any atom is 0.228 e. The molecule has 2 atom stereocenters. The number of amides is 2. The third kappa shape index (κ3) is 4.53. The Labute approximate surface area is 183 Å². The zero-order valence-electron chi connectivity index (χ0n) is 18.4. The third-order valence-electron chi connectivity index (χ3n) is 6.35. The van der Waals surface area contributed by atoms with Crippen LogP contribution >= 0.6 is 0 Å². The van der Waals surface area contributed by atoms with Crippen LogP contribution in [0.5, 0.6) is 11.5 Å². The Morgan fingerprint density at radius 1 is 1.03 bits per heavy atom. The van der Waals surface area contributed by atoms with Crippen molar-refractivity contribution in [3.05, 3.63) is 59.7 Å². The van der Waals surface area contributed by atoms with Crippen LogP contribution in [0.4, 0.5) is 0 Å². The minimum Gasteiger partial charge on any atom is -0.497 e. The summed E-state index contributed by atoms with van der Waals surface area (Å²) in [6, 6.07) is 15.6. The highest BCUT2D eigenvalue weighted by Crippen LogP contribution is 2.42. The van der Waals surface area contributed by atoms with Gasteiger partial charge in [-0.2, -0.15) is 0 Å². The van der Waals surface area contributed by atoms with E-state index in [1.165, 1.54) is 0 Å². The van der Waals surface area contributed by atoms with Gasteiger partial charge in [0.15, 0.2) is 0 Å². The van der Waals surface area contributed by atoms with Crippen LogP contribution in [0.15, 0.2) is 48.5 Å². The van der Waals surface area contributed by atoms with Crippen LogP contribution in [0.25, 0.3) is 0 Å². The molecule has 0 N–H and O–H groups in total. The van der Waals surface area contributed by atoms with Gasteiger partial charge in [0.1, 0.15) is 11.5 Å². The van der Waals surface area contributed by atoms with Gasteiger partial charge in [-0.25, -0.2) is 0 Å². The number of ether oxygens (including phenoxy) is 2. The second-order valence-corrected chi connectivity index (χ2v) is 8.52. The lowest BCUT2D eigenvalue weighted by atomic mass is 9.87. The predicted octanol–water partition coefficient (Wildman–Crippen LogP) is 3.31. The molecule has 2 unspecified atom stereocenters. The van der Waals surface area contributed by atoms with Crippen molar-refractivity contribution >= 4 is 11.8 Å². The van der Waals surface area contributed by atoms with E-state index in [0.29, 0.717) is 25.4 Å². The molecule has 31 heavy (non-hydrogen) atoms. The summed E-state index contributed by atoms with van der Waals surface area (Å²) in [5, 5.41) is 0. The van der Waals surface area contributed by atoms with Gasteiger partial charge in [0, 0.05) is 44.1 Å². The normalized spacial score (nSPS) is 20.4. The fourth-order valence-electron chi connectivity index (χ4n) is 4.49. The molecule has 2 fully saturated rings. The molecule has 0 spiro atoms. The first-order chi connectivity index (χ1) is 15.0. The number of hydrogen-bond donors (Lipinski definition) is 0. The number of likely N-dealkylation sites (tertiary alicyclic amines) is 1. The lowest BCUT2D eigenvalue weighted by Gasteiger charge is -2.25. The van der Waals surface area contributed by atoms with E-state index in [1.54, 1.807) is 19.1 Å². The molecule has 2 aromatic rings. The number of carbonyl (C=O) groups is 2. The molecule has 0 radical (unpaired) electrons. The van der Waals surface area contributed by atoms with Gasteiger partial charge in [-0.1, -0.05) is 30.3 Å². The van der Waals surface area contributed by atoms with Crippen LogP contribution in [0, 0.1) is 11.8 Å². The Balaban J connectivity index is 1.62. The molecule has 1 aliphatic heterocycles. The zero-order valence-corrected chi connectivity index (χ0v) is 18.4. The molecule has 6 heteroatoms. The molecular formula is C25H30N2O4. The molecule has 4 rings (SSSR count). The van der Waals surface area contributed by atoms with Crippen molar-refractivity contribution in [2.75, 3.05) is 34.4 Å². The number of nitrogens with zero attached hydrogens (tertiary/aromatic N) is 2. The molecule has 0 aromatic heterocycles. The average molecular weight is 423 g/mol. The van der Waals surface area contributed by atoms with Crippen molar-refractivity contribution < 1.29 is 19.1 Å². The van der Waals surface area contributed by atoms with Gasteiger partial charge < -0.3 is 19.3 Å². The lowest BCUT2D eigenvalue weighted by Crippen LogP contribution is -2.37. The van der Waals surface area contributed by atoms with E-state index in [1.807, 2.05) is 60.5 Å². The highest BCUT2D eigenvalue weighted by Gasteiger charge is 2.45. The molecule has 1 saturated heterocycles. The Morgan fingerprint density at radius 2 is 1.77 bits per heavy atom. The van der Waals surface area contributed by atoms with Gasteiger partial charge >= 0.3 is 0 Å². The smallest absolute Gasteiger partial charge is 0.228 e. The molecule has 2 aromatic carbocycles. The largest absolute Gasteiger partial charge is 0.497 e. The number of hydrogen-bond acceptors (Lipinski definition) is 4. The number of rotatable bonds is 7. The van der Waals surface area contributed by atoms with E-state index >= 15 is 0 Å². The van der Waals surface area contributed by atoms with Crippen molar-refractivity contribution in [1.82, 2.24) is 9.80 Å². The van der Waals surface area contributed by atoms with Gasteiger partial charge in [-0.3, -0.25) is 9.59 Å². The second-order valence-electron chi connectivity index (χ2n) is 8.52. The van der Waals surface area contributed by atoms with Gasteiger partial charge in [0.25, 0.3) is 0 Å². The summed E-state index contributed by atoms with van der Waals surface area (Å²) in [6.45, 7) is 1.50. The molecule has 0 bridgehead atoms. The Hall–Kier alpha value is -3.02. The van der Waals surface area contributed by atoms with Gasteiger partial charge in [-0.05, 0) is 36.6 Å². The molecule has 2 amide bonds. The Morgan fingerprint density at radius 3 is 2.42 bits per heavy atom. The standard InChI is InChI=1S/C25H30N2O4/c1-26(14-17-7-5-4-6-8-17)25(29)22-16-27(24(28)18-9-10-18)15-21(22)20-13-19(30-2)11-12-23(20)31-3/h4-8,11-13,18,21-22H,9-10,14-16H2,1-3H3. The molecule has 2 aliphatic rings. The van der Waals surface area contributed by atoms with Crippen molar-refractivity contribution in [3.8, 4) is 11.5 Å². The molecule has 1 aliphatic carbocycles. The summed E-state index contributed by atoms with van der Waals surface area (Å²) >= 11 is 0. The van der Waals surface area contributed by atoms with E-state index in [-0.39, 0.29) is 29.6 Å². The fraction of sp³-hybridized carbons (Fsp3) is 0.440. The van der Waals surface area contributed by atoms with Crippen molar-refractivity contribution in [3.63, 3.8) is 0 Å². The van der Waals surface area contributed by atoms with Crippen molar-refractivity contribution in [1.29, 1.82) is 0 Å². The SMILES string of the molecule is COc1ccc(OC)c(C2CN(C(=O)C3CC3)CC2C(=O)N(C)Cc2ccccc2)c1. The monoisotopic (exact) mass is 422 g/mol. The molecule has 1 heterocycles. The maximum absolute atomic E-state index is 13.6. The van der Waals surface area contributed by atoms with E-state index in [0.717, 1.165) is 29.7 Å². The summed E-state index contributed by atoms with van der Waals surface area (Å²) in [6.07, 6.45) is 1.91. The van der Waals surface area contributed by atoms with E-state index in [2.05, 4.69) is 0 Å². The first-order valence-electron chi connectivity index (χ1n) is 10.8. The molecular weight excluding hydrogens is 392 g/mol. The summed E-state index contributed by atoms with van der Waals surface area (Å²) in [5.74, 6) is 1.32. The van der Waals surface area contributed by atoms with E-state index in [4.69, 9.17) is 9.47 Å². The summed E-state index contributed by atoms with van der Waals surface area (Å²) in [5.41, 5.74) is 2.00. The minimum absolute atomic E-state index is 0.0461. The first kappa shape index (κ1) is 21.2.